The molecule has 4 nitrogen and oxygen atoms in total. The van der Waals surface area contributed by atoms with Gasteiger partial charge in [0.05, 0.1) is 12.3 Å². The lowest BCUT2D eigenvalue weighted by atomic mass is 10.0. The van der Waals surface area contributed by atoms with Crippen molar-refractivity contribution in [3.63, 3.8) is 0 Å². The average molecular weight is 343 g/mol. The number of carbonyl (C=O) groups excluding carboxylic acids is 1. The first kappa shape index (κ1) is 17.4. The fraction of sp³-hybridized carbons (Fsp3) is 0.0909. The topological polar surface area (TPSA) is 53.5 Å². The second-order valence-corrected chi connectivity index (χ2v) is 5.90. The Morgan fingerprint density at radius 3 is 2.04 bits per heavy atom. The van der Waals surface area contributed by atoms with E-state index in [4.69, 9.17) is 0 Å². The monoisotopic (exact) mass is 343 g/mol. The van der Waals surface area contributed by atoms with E-state index in [-0.39, 0.29) is 12.5 Å². The van der Waals surface area contributed by atoms with Crippen molar-refractivity contribution in [1.29, 1.82) is 0 Å². The maximum Gasteiger partial charge on any atom is 0.259 e. The van der Waals surface area contributed by atoms with Crippen molar-refractivity contribution in [3.05, 3.63) is 90.5 Å². The van der Waals surface area contributed by atoms with E-state index in [2.05, 4.69) is 40.1 Å². The Kier molecular flexibility index (Phi) is 5.78. The molecule has 3 aromatic rings. The van der Waals surface area contributed by atoms with E-state index in [1.54, 1.807) is 0 Å². The normalized spacial score (nSPS) is 11.0. The first-order valence-electron chi connectivity index (χ1n) is 8.50. The molecule has 3 aromatic carbocycles. The van der Waals surface area contributed by atoms with Crippen molar-refractivity contribution < 1.29 is 4.79 Å². The maximum absolute atomic E-state index is 11.9. The molecule has 0 aliphatic rings. The van der Waals surface area contributed by atoms with E-state index in [0.717, 1.165) is 22.5 Å². The third kappa shape index (κ3) is 4.80. The van der Waals surface area contributed by atoms with Gasteiger partial charge in [-0.25, -0.2) is 5.43 Å². The van der Waals surface area contributed by atoms with Gasteiger partial charge in [0, 0.05) is 5.69 Å². The van der Waals surface area contributed by atoms with Gasteiger partial charge in [0.2, 0.25) is 0 Å². The van der Waals surface area contributed by atoms with Crippen LogP contribution < -0.4 is 10.7 Å². The van der Waals surface area contributed by atoms with Crippen LogP contribution in [0.15, 0.2) is 90.0 Å². The SMILES string of the molecule is C/C(=N/NC(=O)CNc1ccccc1)c1ccc(-c2ccccc2)cc1. The zero-order valence-corrected chi connectivity index (χ0v) is 14.6. The van der Waals surface area contributed by atoms with E-state index >= 15 is 0 Å². The fourth-order valence-electron chi connectivity index (χ4n) is 2.52. The standard InChI is InChI=1S/C22H21N3O/c1-17(24-25-22(26)16-23-21-10-6-3-7-11-21)18-12-14-20(15-13-18)19-8-4-2-5-9-19/h2-15,23H,16H2,1H3,(H,25,26)/b24-17-. The molecule has 0 heterocycles. The van der Waals surface area contributed by atoms with Crippen LogP contribution in [-0.2, 0) is 4.79 Å². The number of hydrazone groups is 1. The minimum atomic E-state index is -0.186. The van der Waals surface area contributed by atoms with Crippen LogP contribution >= 0.6 is 0 Å². The molecule has 0 spiro atoms. The van der Waals surface area contributed by atoms with Gasteiger partial charge in [-0.1, -0.05) is 72.8 Å². The Labute approximate surface area is 153 Å². The van der Waals surface area contributed by atoms with Gasteiger partial charge < -0.3 is 5.32 Å². The van der Waals surface area contributed by atoms with E-state index in [9.17, 15) is 4.79 Å². The molecule has 0 fully saturated rings. The van der Waals surface area contributed by atoms with E-state index in [1.807, 2.05) is 67.6 Å². The largest absolute Gasteiger partial charge is 0.376 e. The van der Waals surface area contributed by atoms with Gasteiger partial charge in [-0.05, 0) is 35.7 Å². The molecule has 0 atom stereocenters. The molecule has 0 aliphatic carbocycles. The number of nitrogens with zero attached hydrogens (tertiary/aromatic N) is 1. The second kappa shape index (κ2) is 8.62. The van der Waals surface area contributed by atoms with Gasteiger partial charge in [0.1, 0.15) is 0 Å². The molecule has 2 N–H and O–H groups in total. The van der Waals surface area contributed by atoms with Crippen molar-refractivity contribution in [1.82, 2.24) is 5.43 Å². The van der Waals surface area contributed by atoms with Gasteiger partial charge in [-0.2, -0.15) is 5.10 Å². The van der Waals surface area contributed by atoms with E-state index in [0.29, 0.717) is 0 Å². The second-order valence-electron chi connectivity index (χ2n) is 5.90. The zero-order chi connectivity index (χ0) is 18.2. The Balaban J connectivity index is 1.56. The summed E-state index contributed by atoms with van der Waals surface area (Å²) in [6.45, 7) is 2.05. The highest BCUT2D eigenvalue weighted by atomic mass is 16.2. The molecule has 4 heteroatoms. The first-order chi connectivity index (χ1) is 12.7. The van der Waals surface area contributed by atoms with Crippen molar-refractivity contribution in [2.24, 2.45) is 5.10 Å². The third-order valence-corrected chi connectivity index (χ3v) is 3.98. The van der Waals surface area contributed by atoms with Crippen LogP contribution in [0, 0.1) is 0 Å². The fourth-order valence-corrected chi connectivity index (χ4v) is 2.52. The Bertz CT molecular complexity index is 872. The summed E-state index contributed by atoms with van der Waals surface area (Å²) in [5, 5.41) is 7.24. The van der Waals surface area contributed by atoms with Crippen LogP contribution in [0.3, 0.4) is 0 Å². The lowest BCUT2D eigenvalue weighted by molar-refractivity contribution is -0.119. The number of amides is 1. The summed E-state index contributed by atoms with van der Waals surface area (Å²) in [6.07, 6.45) is 0. The quantitative estimate of drug-likeness (QED) is 0.518. The number of para-hydroxylation sites is 1. The van der Waals surface area contributed by atoms with Crippen molar-refractivity contribution in [2.75, 3.05) is 11.9 Å². The molecule has 0 unspecified atom stereocenters. The highest BCUT2D eigenvalue weighted by Gasteiger charge is 2.03. The molecule has 130 valence electrons. The average Bonchev–Trinajstić information content (AvgIpc) is 2.72. The third-order valence-electron chi connectivity index (χ3n) is 3.98. The van der Waals surface area contributed by atoms with Gasteiger partial charge >= 0.3 is 0 Å². The molecule has 3 rings (SSSR count). The summed E-state index contributed by atoms with van der Waals surface area (Å²) in [5.74, 6) is -0.186. The summed E-state index contributed by atoms with van der Waals surface area (Å²) in [6, 6.07) is 27.9. The minimum Gasteiger partial charge on any atom is -0.376 e. The Hall–Kier alpha value is -3.40. The molecule has 0 radical (unpaired) electrons. The Morgan fingerprint density at radius 1 is 0.808 bits per heavy atom. The predicted octanol–water partition coefficient (Wildman–Crippen LogP) is 4.31. The summed E-state index contributed by atoms with van der Waals surface area (Å²) >= 11 is 0. The van der Waals surface area contributed by atoms with Gasteiger partial charge in [-0.3, -0.25) is 4.79 Å². The van der Waals surface area contributed by atoms with Crippen LogP contribution in [0.2, 0.25) is 0 Å². The minimum absolute atomic E-state index is 0.174. The number of benzene rings is 3. The summed E-state index contributed by atoms with van der Waals surface area (Å²) in [4.78, 5) is 11.9. The van der Waals surface area contributed by atoms with Crippen LogP contribution in [-0.4, -0.2) is 18.2 Å². The van der Waals surface area contributed by atoms with Crippen LogP contribution in [0.1, 0.15) is 12.5 Å². The molecule has 0 aliphatic heterocycles. The number of carbonyl (C=O) groups is 1. The highest BCUT2D eigenvalue weighted by molar-refractivity contribution is 5.99. The molecular weight excluding hydrogens is 322 g/mol. The molecular formula is C22H21N3O. The smallest absolute Gasteiger partial charge is 0.259 e. The first-order valence-corrected chi connectivity index (χ1v) is 8.50. The Morgan fingerprint density at radius 2 is 1.38 bits per heavy atom. The number of rotatable bonds is 6. The van der Waals surface area contributed by atoms with Crippen LogP contribution in [0.5, 0.6) is 0 Å². The van der Waals surface area contributed by atoms with Crippen molar-refractivity contribution in [3.8, 4) is 11.1 Å². The van der Waals surface area contributed by atoms with Gasteiger partial charge in [0.25, 0.3) is 5.91 Å². The van der Waals surface area contributed by atoms with E-state index in [1.165, 1.54) is 5.56 Å². The zero-order valence-electron chi connectivity index (χ0n) is 14.6. The van der Waals surface area contributed by atoms with Gasteiger partial charge in [0.15, 0.2) is 0 Å². The molecule has 1 amide bonds. The molecule has 0 aromatic heterocycles. The lowest BCUT2D eigenvalue weighted by Gasteiger charge is -2.07. The van der Waals surface area contributed by atoms with Crippen LogP contribution in [0.4, 0.5) is 5.69 Å². The molecule has 0 bridgehead atoms. The summed E-state index contributed by atoms with van der Waals surface area (Å²) in [7, 11) is 0. The number of anilines is 1. The van der Waals surface area contributed by atoms with E-state index < -0.39 is 0 Å². The summed E-state index contributed by atoms with van der Waals surface area (Å²) < 4.78 is 0. The van der Waals surface area contributed by atoms with Gasteiger partial charge in [-0.15, -0.1) is 0 Å². The molecule has 0 saturated carbocycles. The maximum atomic E-state index is 11.9. The predicted molar refractivity (Wildman–Crippen MR) is 107 cm³/mol. The number of hydrogen-bond donors (Lipinski definition) is 2. The highest BCUT2D eigenvalue weighted by Crippen LogP contribution is 2.19. The van der Waals surface area contributed by atoms with Crippen LogP contribution in [0.25, 0.3) is 11.1 Å². The summed E-state index contributed by atoms with van der Waals surface area (Å²) in [5.41, 5.74) is 7.55. The molecule has 26 heavy (non-hydrogen) atoms. The van der Waals surface area contributed by atoms with Crippen molar-refractivity contribution >= 4 is 17.3 Å². The number of nitrogens with one attached hydrogen (secondary N) is 2. The van der Waals surface area contributed by atoms with Crippen molar-refractivity contribution in [2.45, 2.75) is 6.92 Å². The lowest BCUT2D eigenvalue weighted by Crippen LogP contribution is -2.26. The molecule has 0 saturated heterocycles. The number of hydrogen-bond acceptors (Lipinski definition) is 3.